The molecule has 0 spiro atoms. The Balaban J connectivity index is 1.71. The van der Waals surface area contributed by atoms with Gasteiger partial charge in [-0.15, -0.1) is 0 Å². The van der Waals surface area contributed by atoms with Gasteiger partial charge in [0, 0.05) is 32.1 Å². The van der Waals surface area contributed by atoms with E-state index in [1.807, 2.05) is 67.3 Å². The number of nitrogens with one attached hydrogen (secondary N) is 1. The smallest absolute Gasteiger partial charge is 0.228 e. The van der Waals surface area contributed by atoms with Crippen LogP contribution in [0.15, 0.2) is 48.5 Å². The molecule has 0 saturated carbocycles. The number of piperazine rings is 1. The molecule has 0 aromatic heterocycles. The van der Waals surface area contributed by atoms with Crippen molar-refractivity contribution in [1.82, 2.24) is 4.90 Å². The molecule has 1 N–H and O–H groups in total. The third-order valence-corrected chi connectivity index (χ3v) is 5.17. The minimum absolute atomic E-state index is 0.000279. The van der Waals surface area contributed by atoms with Gasteiger partial charge < -0.3 is 15.1 Å². The monoisotopic (exact) mass is 399 g/mol. The number of nitrogens with zero attached hydrogens (tertiary/aromatic N) is 2. The summed E-state index contributed by atoms with van der Waals surface area (Å²) in [5, 5.41) is 3.60. The van der Waals surface area contributed by atoms with Crippen LogP contribution in [0.2, 0.25) is 5.02 Å². The van der Waals surface area contributed by atoms with Crippen molar-refractivity contribution in [2.45, 2.75) is 20.3 Å². The Kier molecular flexibility index (Phi) is 6.57. The largest absolute Gasteiger partial charge is 0.365 e. The van der Waals surface area contributed by atoms with Crippen molar-refractivity contribution in [2.75, 3.05) is 36.4 Å². The molecule has 5 nitrogen and oxygen atoms in total. The van der Waals surface area contributed by atoms with Crippen LogP contribution in [0.25, 0.3) is 0 Å². The summed E-state index contributed by atoms with van der Waals surface area (Å²) in [5.74, 6) is 0.0956. The minimum Gasteiger partial charge on any atom is -0.365 e. The number of halogens is 1. The molecule has 3 rings (SSSR count). The SMILES string of the molecule is CC(C)C(=O)N1CCN(c2c(Cl)cccc2NC(=O)Cc2ccccc2)CC1. The first-order valence-electron chi connectivity index (χ1n) is 9.61. The maximum Gasteiger partial charge on any atom is 0.228 e. The highest BCUT2D eigenvalue weighted by molar-refractivity contribution is 6.34. The maximum absolute atomic E-state index is 12.5. The summed E-state index contributed by atoms with van der Waals surface area (Å²) in [4.78, 5) is 28.8. The van der Waals surface area contributed by atoms with Gasteiger partial charge in [-0.1, -0.05) is 61.8 Å². The summed E-state index contributed by atoms with van der Waals surface area (Å²) in [7, 11) is 0. The zero-order valence-corrected chi connectivity index (χ0v) is 17.1. The molecule has 0 aliphatic carbocycles. The minimum atomic E-state index is -0.0802. The number of carbonyl (C=O) groups is 2. The summed E-state index contributed by atoms with van der Waals surface area (Å²) in [6.45, 7) is 6.51. The fraction of sp³-hybridized carbons (Fsp3) is 0.364. The van der Waals surface area contributed by atoms with Gasteiger partial charge in [-0.05, 0) is 17.7 Å². The molecule has 1 saturated heterocycles. The lowest BCUT2D eigenvalue weighted by Gasteiger charge is -2.38. The predicted octanol–water partition coefficient (Wildman–Crippen LogP) is 3.83. The quantitative estimate of drug-likeness (QED) is 0.831. The molecular formula is C22H26ClN3O2. The van der Waals surface area contributed by atoms with Crippen molar-refractivity contribution in [1.29, 1.82) is 0 Å². The van der Waals surface area contributed by atoms with E-state index in [1.54, 1.807) is 0 Å². The highest BCUT2D eigenvalue weighted by Crippen LogP contribution is 2.34. The van der Waals surface area contributed by atoms with Gasteiger partial charge in [0.25, 0.3) is 0 Å². The highest BCUT2D eigenvalue weighted by atomic mass is 35.5. The van der Waals surface area contributed by atoms with E-state index in [2.05, 4.69) is 10.2 Å². The van der Waals surface area contributed by atoms with E-state index in [-0.39, 0.29) is 17.7 Å². The molecule has 28 heavy (non-hydrogen) atoms. The van der Waals surface area contributed by atoms with Crippen LogP contribution >= 0.6 is 11.6 Å². The normalized spacial score (nSPS) is 14.3. The Labute approximate surface area is 171 Å². The third kappa shape index (κ3) is 4.84. The lowest BCUT2D eigenvalue weighted by molar-refractivity contribution is -0.134. The molecule has 2 aromatic carbocycles. The van der Waals surface area contributed by atoms with Gasteiger partial charge in [0.15, 0.2) is 0 Å². The van der Waals surface area contributed by atoms with E-state index in [4.69, 9.17) is 11.6 Å². The molecule has 0 bridgehead atoms. The molecule has 2 amide bonds. The Bertz CT molecular complexity index is 831. The third-order valence-electron chi connectivity index (χ3n) is 4.87. The molecular weight excluding hydrogens is 374 g/mol. The average Bonchev–Trinajstić information content (AvgIpc) is 2.68. The molecule has 1 aliphatic rings. The number of carbonyl (C=O) groups excluding carboxylic acids is 2. The zero-order chi connectivity index (χ0) is 20.1. The molecule has 6 heteroatoms. The van der Waals surface area contributed by atoms with Gasteiger partial charge in [0.1, 0.15) is 0 Å². The topological polar surface area (TPSA) is 52.7 Å². The van der Waals surface area contributed by atoms with E-state index in [0.29, 0.717) is 43.3 Å². The van der Waals surface area contributed by atoms with E-state index < -0.39 is 0 Å². The molecule has 1 heterocycles. The Morgan fingerprint density at radius 2 is 1.68 bits per heavy atom. The Morgan fingerprint density at radius 3 is 2.32 bits per heavy atom. The number of para-hydroxylation sites is 1. The number of rotatable bonds is 5. The molecule has 2 aromatic rings. The molecule has 1 fully saturated rings. The van der Waals surface area contributed by atoms with Crippen LogP contribution in [0, 0.1) is 5.92 Å². The van der Waals surface area contributed by atoms with Crippen molar-refractivity contribution in [3.8, 4) is 0 Å². The van der Waals surface area contributed by atoms with Gasteiger partial charge in [-0.25, -0.2) is 0 Å². The van der Waals surface area contributed by atoms with Crippen molar-refractivity contribution in [2.24, 2.45) is 5.92 Å². The molecule has 1 aliphatic heterocycles. The van der Waals surface area contributed by atoms with Gasteiger partial charge in [-0.2, -0.15) is 0 Å². The Morgan fingerprint density at radius 1 is 1.00 bits per heavy atom. The summed E-state index contributed by atoms with van der Waals surface area (Å²) < 4.78 is 0. The van der Waals surface area contributed by atoms with E-state index in [1.165, 1.54) is 0 Å². The first-order valence-corrected chi connectivity index (χ1v) is 9.99. The van der Waals surface area contributed by atoms with Crippen molar-refractivity contribution in [3.05, 3.63) is 59.1 Å². The first-order chi connectivity index (χ1) is 13.5. The predicted molar refractivity (Wildman–Crippen MR) is 114 cm³/mol. The second-order valence-corrected chi connectivity index (χ2v) is 7.72. The first kappa shape index (κ1) is 20.2. The zero-order valence-electron chi connectivity index (χ0n) is 16.3. The van der Waals surface area contributed by atoms with Crippen LogP contribution in [0.4, 0.5) is 11.4 Å². The summed E-state index contributed by atoms with van der Waals surface area (Å²) >= 11 is 6.48. The lowest BCUT2D eigenvalue weighted by atomic mass is 10.1. The Hall–Kier alpha value is -2.53. The van der Waals surface area contributed by atoms with Crippen LogP contribution in [-0.4, -0.2) is 42.9 Å². The van der Waals surface area contributed by atoms with Crippen molar-refractivity contribution >= 4 is 34.8 Å². The van der Waals surface area contributed by atoms with Crippen LogP contribution in [-0.2, 0) is 16.0 Å². The van der Waals surface area contributed by atoms with Crippen molar-refractivity contribution < 1.29 is 9.59 Å². The highest BCUT2D eigenvalue weighted by Gasteiger charge is 2.25. The van der Waals surface area contributed by atoms with E-state index in [0.717, 1.165) is 11.3 Å². The van der Waals surface area contributed by atoms with Gasteiger partial charge in [0.05, 0.1) is 22.8 Å². The second-order valence-electron chi connectivity index (χ2n) is 7.31. The van der Waals surface area contributed by atoms with Crippen LogP contribution in [0.3, 0.4) is 0 Å². The number of anilines is 2. The van der Waals surface area contributed by atoms with Gasteiger partial charge >= 0.3 is 0 Å². The fourth-order valence-corrected chi connectivity index (χ4v) is 3.72. The number of benzene rings is 2. The average molecular weight is 400 g/mol. The summed E-state index contributed by atoms with van der Waals surface area (Å²) in [5.41, 5.74) is 2.49. The van der Waals surface area contributed by atoms with Gasteiger partial charge in [-0.3, -0.25) is 9.59 Å². The molecule has 0 atom stereocenters. The van der Waals surface area contributed by atoms with Crippen LogP contribution < -0.4 is 10.2 Å². The molecule has 0 unspecified atom stereocenters. The van der Waals surface area contributed by atoms with Gasteiger partial charge in [0.2, 0.25) is 11.8 Å². The number of amides is 2. The molecule has 148 valence electrons. The van der Waals surface area contributed by atoms with Crippen LogP contribution in [0.1, 0.15) is 19.4 Å². The van der Waals surface area contributed by atoms with E-state index in [9.17, 15) is 9.59 Å². The summed E-state index contributed by atoms with van der Waals surface area (Å²) in [6.07, 6.45) is 0.309. The fourth-order valence-electron chi connectivity index (χ4n) is 3.43. The van der Waals surface area contributed by atoms with Crippen molar-refractivity contribution in [3.63, 3.8) is 0 Å². The van der Waals surface area contributed by atoms with Crippen LogP contribution in [0.5, 0.6) is 0 Å². The maximum atomic E-state index is 12.5. The lowest BCUT2D eigenvalue weighted by Crippen LogP contribution is -2.50. The molecule has 0 radical (unpaired) electrons. The number of hydrogen-bond acceptors (Lipinski definition) is 3. The van der Waals surface area contributed by atoms with E-state index >= 15 is 0 Å². The standard InChI is InChI=1S/C22H26ClN3O2/c1-16(2)22(28)26-13-11-25(12-14-26)21-18(23)9-6-10-19(21)24-20(27)15-17-7-4-3-5-8-17/h3-10,16H,11-15H2,1-2H3,(H,24,27). The summed E-state index contributed by atoms with van der Waals surface area (Å²) in [6, 6.07) is 15.2. The second kappa shape index (κ2) is 9.11. The number of hydrogen-bond donors (Lipinski definition) is 1.